The van der Waals surface area contributed by atoms with E-state index in [0.717, 1.165) is 6.42 Å². The fourth-order valence-electron chi connectivity index (χ4n) is 2.44. The first kappa shape index (κ1) is 17.4. The molecule has 2 rings (SSSR count). The molecule has 0 bridgehead atoms. The van der Waals surface area contributed by atoms with Crippen molar-refractivity contribution in [2.75, 3.05) is 0 Å². The van der Waals surface area contributed by atoms with Crippen LogP contribution in [0.1, 0.15) is 29.2 Å². The van der Waals surface area contributed by atoms with Gasteiger partial charge in [-0.15, -0.1) is 0 Å². The second kappa shape index (κ2) is 8.59. The Kier molecular flexibility index (Phi) is 7.11. The molecule has 1 unspecified atom stereocenters. The van der Waals surface area contributed by atoms with Crippen LogP contribution in [0.25, 0.3) is 0 Å². The molecule has 0 amide bonds. The molecule has 112 valence electrons. The van der Waals surface area contributed by atoms with Gasteiger partial charge in [0.1, 0.15) is 0 Å². The van der Waals surface area contributed by atoms with Gasteiger partial charge in [0.15, 0.2) is 13.8 Å². The van der Waals surface area contributed by atoms with Gasteiger partial charge >= 0.3 is 0 Å². The second-order valence-corrected chi connectivity index (χ2v) is 6.62. The third-order valence-electron chi connectivity index (χ3n) is 3.36. The highest BCUT2D eigenvalue weighted by Gasteiger charge is 1.99. The first-order valence-electron chi connectivity index (χ1n) is 7.10. The van der Waals surface area contributed by atoms with Gasteiger partial charge in [-0.2, -0.15) is 0 Å². The van der Waals surface area contributed by atoms with Crippen LogP contribution in [0, 0.1) is 20.8 Å². The highest BCUT2D eigenvalue weighted by Crippen LogP contribution is 2.16. The van der Waals surface area contributed by atoms with Gasteiger partial charge in [-0.3, -0.25) is 4.79 Å². The molecular weight excluding hydrogens is 279 g/mol. The van der Waals surface area contributed by atoms with Crippen LogP contribution in [0.4, 0.5) is 0 Å². The maximum atomic E-state index is 10.8. The van der Waals surface area contributed by atoms with Crippen LogP contribution in [0.3, 0.4) is 0 Å². The Labute approximate surface area is 128 Å². The summed E-state index contributed by atoms with van der Waals surface area (Å²) in [5, 5.41) is 0.627. The molecule has 0 aromatic heterocycles. The first-order valence-corrected chi connectivity index (χ1v) is 8.59. The zero-order valence-corrected chi connectivity index (χ0v) is 14.1. The molecule has 0 spiro atoms. The average Bonchev–Trinajstić information content (AvgIpc) is 2.47. The summed E-state index contributed by atoms with van der Waals surface area (Å²) in [6, 6.07) is 13.7. The Morgan fingerprint density at radius 3 is 1.95 bits per heavy atom. The molecule has 0 N–H and O–H groups in total. The number of hydrogen-bond acceptors (Lipinski definition) is 2. The van der Waals surface area contributed by atoms with Crippen LogP contribution in [0.2, 0.25) is 0 Å². The quantitative estimate of drug-likeness (QED) is 0.628. The van der Waals surface area contributed by atoms with Crippen molar-refractivity contribution in [3.63, 3.8) is 0 Å². The van der Waals surface area contributed by atoms with Crippen molar-refractivity contribution < 1.29 is 9.36 Å². The lowest BCUT2D eigenvalue weighted by Gasteiger charge is -2.08. The summed E-state index contributed by atoms with van der Waals surface area (Å²) < 4.78 is 10.8. The van der Waals surface area contributed by atoms with Gasteiger partial charge in [0.05, 0.1) is 0 Å². The fourth-order valence-corrected chi connectivity index (χ4v) is 3.10. The van der Waals surface area contributed by atoms with E-state index in [1.54, 1.807) is 24.3 Å². The normalized spacial score (nSPS) is 11.2. The molecule has 0 saturated carbocycles. The Balaban J connectivity index is 0.000000211. The smallest absolute Gasteiger partial charge is 0.180 e. The minimum Gasteiger partial charge on any atom is -0.314 e. The summed E-state index contributed by atoms with van der Waals surface area (Å²) in [6.07, 6.45) is 1.15. The van der Waals surface area contributed by atoms with Gasteiger partial charge in [0.25, 0.3) is 0 Å². The molecule has 2 aromatic rings. The monoisotopic (exact) mass is 302 g/mol. The van der Waals surface area contributed by atoms with E-state index >= 15 is 0 Å². The van der Waals surface area contributed by atoms with Gasteiger partial charge in [-0.1, -0.05) is 55.0 Å². The molecule has 2 aromatic carbocycles. The Morgan fingerprint density at radius 1 is 1.00 bits per heavy atom. The largest absolute Gasteiger partial charge is 0.314 e. The zero-order chi connectivity index (χ0) is 15.8. The molecule has 21 heavy (non-hydrogen) atoms. The van der Waals surface area contributed by atoms with E-state index in [1.807, 2.05) is 6.07 Å². The van der Waals surface area contributed by atoms with Crippen molar-refractivity contribution in [3.05, 3.63) is 64.7 Å². The minimum absolute atomic E-state index is 0.500. The molecule has 0 saturated heterocycles. The predicted molar refractivity (Wildman–Crippen MR) is 91.9 cm³/mol. The van der Waals surface area contributed by atoms with Crippen LogP contribution in [0.5, 0.6) is 0 Å². The Morgan fingerprint density at radius 2 is 1.52 bits per heavy atom. The molecule has 3 heteroatoms. The van der Waals surface area contributed by atoms with Crippen molar-refractivity contribution in [2.45, 2.75) is 34.1 Å². The zero-order valence-electron chi connectivity index (χ0n) is 13.1. The summed E-state index contributed by atoms with van der Waals surface area (Å²) in [6.45, 7) is 8.75. The predicted octanol–water partition coefficient (Wildman–Crippen LogP) is 4.24. The summed E-state index contributed by atoms with van der Waals surface area (Å²) in [4.78, 5) is 10.0. The number of rotatable bonds is 3. The SMILES string of the molecule is CCc1c(C)cc(C)cc1C.O=C[PH](=O)c1ccccc1. The van der Waals surface area contributed by atoms with Crippen molar-refractivity contribution in [2.24, 2.45) is 0 Å². The average molecular weight is 302 g/mol. The van der Waals surface area contributed by atoms with Crippen molar-refractivity contribution in [1.29, 1.82) is 0 Å². The Hall–Kier alpha value is -1.66. The molecule has 0 heterocycles. The highest BCUT2D eigenvalue weighted by molar-refractivity contribution is 7.68. The van der Waals surface area contributed by atoms with Gasteiger partial charge in [-0.25, -0.2) is 0 Å². The van der Waals surface area contributed by atoms with E-state index in [4.69, 9.17) is 0 Å². The third-order valence-corrected chi connectivity index (χ3v) is 4.48. The summed E-state index contributed by atoms with van der Waals surface area (Å²) in [5.74, 6) is 0. The van der Waals surface area contributed by atoms with Crippen LogP contribution in [-0.4, -0.2) is 6.03 Å². The van der Waals surface area contributed by atoms with E-state index < -0.39 is 7.80 Å². The third kappa shape index (κ3) is 5.32. The first-order chi connectivity index (χ1) is 9.99. The van der Waals surface area contributed by atoms with E-state index in [2.05, 4.69) is 39.8 Å². The molecule has 0 fully saturated rings. The van der Waals surface area contributed by atoms with Crippen LogP contribution < -0.4 is 5.30 Å². The minimum atomic E-state index is -2.14. The van der Waals surface area contributed by atoms with Crippen LogP contribution in [0.15, 0.2) is 42.5 Å². The van der Waals surface area contributed by atoms with Gasteiger partial charge in [0, 0.05) is 5.30 Å². The lowest BCUT2D eigenvalue weighted by Crippen LogP contribution is -1.93. The number of carbonyl (C=O) groups is 1. The lowest BCUT2D eigenvalue weighted by atomic mass is 9.98. The molecule has 0 aliphatic rings. The van der Waals surface area contributed by atoms with E-state index in [-0.39, 0.29) is 0 Å². The van der Waals surface area contributed by atoms with Crippen LogP contribution >= 0.6 is 7.80 Å². The summed E-state index contributed by atoms with van der Waals surface area (Å²) in [7, 11) is -2.14. The molecule has 2 nitrogen and oxygen atoms in total. The Bertz CT molecular complexity index is 595. The fraction of sp³-hybridized carbons (Fsp3) is 0.278. The molecule has 0 radical (unpaired) electrons. The number of hydrogen-bond donors (Lipinski definition) is 0. The lowest BCUT2D eigenvalue weighted by molar-refractivity contribution is 0.560. The molecule has 0 aliphatic heterocycles. The second-order valence-electron chi connectivity index (χ2n) is 5.08. The van der Waals surface area contributed by atoms with E-state index in [0.29, 0.717) is 11.3 Å². The van der Waals surface area contributed by atoms with Crippen molar-refractivity contribution in [3.8, 4) is 0 Å². The highest BCUT2D eigenvalue weighted by atomic mass is 31.1. The number of benzene rings is 2. The molecular formula is C18H23O2P. The van der Waals surface area contributed by atoms with E-state index in [1.165, 1.54) is 22.3 Å². The maximum absolute atomic E-state index is 10.8. The van der Waals surface area contributed by atoms with E-state index in [9.17, 15) is 9.36 Å². The van der Waals surface area contributed by atoms with Gasteiger partial charge in [0.2, 0.25) is 0 Å². The maximum Gasteiger partial charge on any atom is 0.180 e. The van der Waals surface area contributed by atoms with Gasteiger partial charge in [-0.05, 0) is 43.9 Å². The number of aryl methyl sites for hydroxylation is 3. The van der Waals surface area contributed by atoms with Crippen molar-refractivity contribution >= 4 is 19.1 Å². The molecule has 0 aliphatic carbocycles. The molecule has 1 atom stereocenters. The number of carbonyl (C=O) groups excluding carboxylic acids is 1. The summed E-state index contributed by atoms with van der Waals surface area (Å²) in [5.41, 5.74) is 5.75. The van der Waals surface area contributed by atoms with Crippen molar-refractivity contribution in [1.82, 2.24) is 0 Å². The topological polar surface area (TPSA) is 34.1 Å². The summed E-state index contributed by atoms with van der Waals surface area (Å²) >= 11 is 0. The standard InChI is InChI=1S/C11H16.C7H7O2P/c1-5-11-9(3)6-8(2)7-10(11)4;8-6-10(9)7-4-2-1-3-5-7/h6-7H,5H2,1-4H3;1-6,10H. The van der Waals surface area contributed by atoms with Gasteiger partial charge < -0.3 is 4.57 Å². The van der Waals surface area contributed by atoms with Crippen LogP contribution in [-0.2, 0) is 15.8 Å².